The Labute approximate surface area is 207 Å². The molecule has 1 aliphatic rings. The summed E-state index contributed by atoms with van der Waals surface area (Å²) in [5.41, 5.74) is 3.00. The Kier molecular flexibility index (Phi) is 7.72. The van der Waals surface area contributed by atoms with Gasteiger partial charge in [-0.25, -0.2) is 4.79 Å². The number of esters is 1. The largest absolute Gasteiger partial charge is 0.497 e. The smallest absolute Gasteiger partial charge is 0.341 e. The third kappa shape index (κ3) is 5.52. The first-order chi connectivity index (χ1) is 16.5. The number of hydrogen-bond donors (Lipinski definition) is 1. The van der Waals surface area contributed by atoms with Crippen molar-refractivity contribution in [3.63, 3.8) is 0 Å². The third-order valence-corrected chi connectivity index (χ3v) is 6.89. The number of piperazine rings is 1. The van der Waals surface area contributed by atoms with Gasteiger partial charge in [0.25, 0.3) is 0 Å². The van der Waals surface area contributed by atoms with Crippen LogP contribution >= 0.6 is 22.9 Å². The van der Waals surface area contributed by atoms with Gasteiger partial charge in [-0.05, 0) is 29.8 Å². The molecule has 0 unspecified atom stereocenters. The topological polar surface area (TPSA) is 71.1 Å². The third-order valence-electron chi connectivity index (χ3n) is 5.75. The Balaban J connectivity index is 1.39. The standard InChI is InChI=1S/C25H26ClN3O4S/c1-32-20-5-3-4-19(14-20)29-12-10-28(11-13-29)15-22(30)27-24-23(25(31)33-2)21(16-34-24)17-6-8-18(26)9-7-17/h3-9,14,16H,10-13,15H2,1-2H3,(H,27,30). The highest BCUT2D eigenvalue weighted by molar-refractivity contribution is 7.15. The van der Waals surface area contributed by atoms with Crippen molar-refractivity contribution in [2.24, 2.45) is 0 Å². The van der Waals surface area contributed by atoms with Crippen molar-refractivity contribution in [1.82, 2.24) is 4.90 Å². The fourth-order valence-electron chi connectivity index (χ4n) is 3.94. The van der Waals surface area contributed by atoms with Gasteiger partial charge in [-0.15, -0.1) is 11.3 Å². The molecule has 4 rings (SSSR count). The fourth-order valence-corrected chi connectivity index (χ4v) is 5.04. The monoisotopic (exact) mass is 499 g/mol. The van der Waals surface area contributed by atoms with E-state index in [0.29, 0.717) is 21.2 Å². The quantitative estimate of drug-likeness (QED) is 0.478. The van der Waals surface area contributed by atoms with E-state index < -0.39 is 5.97 Å². The summed E-state index contributed by atoms with van der Waals surface area (Å²) in [7, 11) is 2.99. The normalized spacial score (nSPS) is 14.0. The Morgan fingerprint density at radius 1 is 1.06 bits per heavy atom. The summed E-state index contributed by atoms with van der Waals surface area (Å²) < 4.78 is 10.3. The summed E-state index contributed by atoms with van der Waals surface area (Å²) in [6.07, 6.45) is 0. The van der Waals surface area contributed by atoms with E-state index in [0.717, 1.165) is 43.2 Å². The van der Waals surface area contributed by atoms with E-state index in [1.54, 1.807) is 19.2 Å². The summed E-state index contributed by atoms with van der Waals surface area (Å²) >= 11 is 7.30. The number of carbonyl (C=O) groups is 2. The zero-order valence-electron chi connectivity index (χ0n) is 19.0. The van der Waals surface area contributed by atoms with E-state index in [4.69, 9.17) is 21.1 Å². The van der Waals surface area contributed by atoms with Crippen LogP contribution in [0.2, 0.25) is 5.02 Å². The summed E-state index contributed by atoms with van der Waals surface area (Å²) in [5, 5.41) is 5.85. The molecule has 7 nitrogen and oxygen atoms in total. The zero-order chi connectivity index (χ0) is 24.1. The first-order valence-electron chi connectivity index (χ1n) is 10.9. The van der Waals surface area contributed by atoms with Gasteiger partial charge >= 0.3 is 5.97 Å². The maximum absolute atomic E-state index is 12.8. The zero-order valence-corrected chi connectivity index (χ0v) is 20.6. The van der Waals surface area contributed by atoms with Gasteiger partial charge in [-0.3, -0.25) is 9.69 Å². The van der Waals surface area contributed by atoms with E-state index in [2.05, 4.69) is 21.2 Å². The van der Waals surface area contributed by atoms with Crippen molar-refractivity contribution in [3.05, 3.63) is 64.5 Å². The molecule has 0 spiro atoms. The van der Waals surface area contributed by atoms with Gasteiger partial charge in [0.1, 0.15) is 16.3 Å². The summed E-state index contributed by atoms with van der Waals surface area (Å²) in [6.45, 7) is 3.39. The molecule has 0 atom stereocenters. The molecule has 0 aliphatic carbocycles. The Hall–Kier alpha value is -3.07. The van der Waals surface area contributed by atoms with Crippen LogP contribution in [-0.2, 0) is 9.53 Å². The molecular formula is C25H26ClN3O4S. The van der Waals surface area contributed by atoms with Crippen LogP contribution in [-0.4, -0.2) is 63.7 Å². The van der Waals surface area contributed by atoms with Crippen molar-refractivity contribution >= 4 is 45.5 Å². The van der Waals surface area contributed by atoms with E-state index in [9.17, 15) is 9.59 Å². The molecule has 1 saturated heterocycles. The van der Waals surface area contributed by atoms with Crippen LogP contribution in [0.5, 0.6) is 5.75 Å². The van der Waals surface area contributed by atoms with Gasteiger partial charge in [-0.1, -0.05) is 29.8 Å². The van der Waals surface area contributed by atoms with Crippen molar-refractivity contribution in [1.29, 1.82) is 0 Å². The van der Waals surface area contributed by atoms with Crippen LogP contribution in [0.3, 0.4) is 0 Å². The highest BCUT2D eigenvalue weighted by Gasteiger charge is 2.24. The lowest BCUT2D eigenvalue weighted by atomic mass is 10.0. The molecule has 1 fully saturated rings. The number of amides is 1. The number of rotatable bonds is 7. The second kappa shape index (κ2) is 10.9. The average molecular weight is 500 g/mol. The molecule has 178 valence electrons. The molecule has 1 aromatic heterocycles. The lowest BCUT2D eigenvalue weighted by molar-refractivity contribution is -0.117. The average Bonchev–Trinajstić information content (AvgIpc) is 3.27. The molecular weight excluding hydrogens is 474 g/mol. The van der Waals surface area contributed by atoms with Gasteiger partial charge in [-0.2, -0.15) is 0 Å². The minimum Gasteiger partial charge on any atom is -0.497 e. The Morgan fingerprint density at radius 3 is 2.47 bits per heavy atom. The van der Waals surface area contributed by atoms with Crippen molar-refractivity contribution in [2.75, 3.05) is 57.2 Å². The van der Waals surface area contributed by atoms with Gasteiger partial charge in [0.05, 0.1) is 20.8 Å². The van der Waals surface area contributed by atoms with E-state index in [1.807, 2.05) is 35.7 Å². The Morgan fingerprint density at radius 2 is 1.79 bits per heavy atom. The highest BCUT2D eigenvalue weighted by Crippen LogP contribution is 2.36. The minimum absolute atomic E-state index is 0.163. The number of anilines is 2. The van der Waals surface area contributed by atoms with Crippen LogP contribution in [0.4, 0.5) is 10.7 Å². The number of nitrogens with zero attached hydrogens (tertiary/aromatic N) is 2. The molecule has 1 amide bonds. The molecule has 0 saturated carbocycles. The first-order valence-corrected chi connectivity index (χ1v) is 12.1. The molecule has 34 heavy (non-hydrogen) atoms. The second-order valence-electron chi connectivity index (χ2n) is 7.86. The van der Waals surface area contributed by atoms with Gasteiger partial charge in [0.15, 0.2) is 0 Å². The second-order valence-corrected chi connectivity index (χ2v) is 9.18. The summed E-state index contributed by atoms with van der Waals surface area (Å²) in [4.78, 5) is 29.7. The maximum atomic E-state index is 12.8. The van der Waals surface area contributed by atoms with Crippen LogP contribution in [0.1, 0.15) is 10.4 Å². The lowest BCUT2D eigenvalue weighted by Crippen LogP contribution is -2.48. The number of thiophene rings is 1. The molecule has 9 heteroatoms. The van der Waals surface area contributed by atoms with Gasteiger partial charge in [0.2, 0.25) is 5.91 Å². The fraction of sp³-hybridized carbons (Fsp3) is 0.280. The molecule has 1 aliphatic heterocycles. The molecule has 0 bridgehead atoms. The summed E-state index contributed by atoms with van der Waals surface area (Å²) in [5.74, 6) is 0.174. The van der Waals surface area contributed by atoms with Crippen LogP contribution in [0.15, 0.2) is 53.9 Å². The minimum atomic E-state index is -0.492. The maximum Gasteiger partial charge on any atom is 0.341 e. The summed E-state index contributed by atoms with van der Waals surface area (Å²) in [6, 6.07) is 15.2. The van der Waals surface area contributed by atoms with E-state index in [-0.39, 0.29) is 12.5 Å². The van der Waals surface area contributed by atoms with Crippen molar-refractivity contribution in [3.8, 4) is 16.9 Å². The number of hydrogen-bond acceptors (Lipinski definition) is 7. The molecule has 1 N–H and O–H groups in total. The van der Waals surface area contributed by atoms with Gasteiger partial charge < -0.3 is 19.7 Å². The van der Waals surface area contributed by atoms with Gasteiger partial charge in [0, 0.05) is 53.9 Å². The predicted molar refractivity (Wildman–Crippen MR) is 136 cm³/mol. The lowest BCUT2D eigenvalue weighted by Gasteiger charge is -2.35. The van der Waals surface area contributed by atoms with Crippen LogP contribution in [0.25, 0.3) is 11.1 Å². The molecule has 2 heterocycles. The van der Waals surface area contributed by atoms with Crippen LogP contribution in [0, 0.1) is 0 Å². The molecule has 0 radical (unpaired) electrons. The van der Waals surface area contributed by atoms with Crippen molar-refractivity contribution < 1.29 is 19.1 Å². The predicted octanol–water partition coefficient (Wildman–Crippen LogP) is 4.62. The van der Waals surface area contributed by atoms with Crippen LogP contribution < -0.4 is 15.0 Å². The van der Waals surface area contributed by atoms with E-state index >= 15 is 0 Å². The number of carbonyl (C=O) groups excluding carboxylic acids is 2. The highest BCUT2D eigenvalue weighted by atomic mass is 35.5. The molecule has 3 aromatic rings. The Bertz CT molecular complexity index is 1160. The number of benzene rings is 2. The van der Waals surface area contributed by atoms with E-state index in [1.165, 1.54) is 18.4 Å². The molecule has 2 aromatic carbocycles. The number of nitrogens with one attached hydrogen (secondary N) is 1. The van der Waals surface area contributed by atoms with Crippen molar-refractivity contribution in [2.45, 2.75) is 0 Å². The number of ether oxygens (including phenoxy) is 2. The number of methoxy groups -OCH3 is 2. The SMILES string of the molecule is COC(=O)c1c(-c2ccc(Cl)cc2)csc1NC(=O)CN1CCN(c2cccc(OC)c2)CC1. The number of halogens is 1. The first kappa shape index (κ1) is 24.1.